The quantitative estimate of drug-likeness (QED) is 0.650. The summed E-state index contributed by atoms with van der Waals surface area (Å²) >= 11 is 5.91. The van der Waals surface area contributed by atoms with Crippen LogP contribution in [0.2, 0.25) is 0 Å². The topological polar surface area (TPSA) is 46.5 Å². The molecule has 1 N–H and O–H groups in total. The van der Waals surface area contributed by atoms with Gasteiger partial charge in [0, 0.05) is 0 Å². The van der Waals surface area contributed by atoms with E-state index in [0.717, 1.165) is 0 Å². The van der Waals surface area contributed by atoms with Gasteiger partial charge in [0.25, 0.3) is 0 Å². The van der Waals surface area contributed by atoms with Crippen LogP contribution in [0.5, 0.6) is 0 Å². The highest BCUT2D eigenvalue weighted by Gasteiger charge is 2.38. The van der Waals surface area contributed by atoms with Crippen LogP contribution in [0.4, 0.5) is 0 Å². The Morgan fingerprint density at radius 2 is 2.06 bits per heavy atom. The molecule has 0 saturated heterocycles. The first-order valence-corrected chi connectivity index (χ1v) is 5.52. The number of alkyl halides is 1. The van der Waals surface area contributed by atoms with Crippen LogP contribution in [0.15, 0.2) is 30.3 Å². The Balaban J connectivity index is 2.89. The molecule has 2 atom stereocenters. The van der Waals surface area contributed by atoms with Gasteiger partial charge >= 0.3 is 5.97 Å². The number of carbonyl (C=O) groups is 1. The van der Waals surface area contributed by atoms with E-state index in [1.165, 1.54) is 6.92 Å². The molecule has 1 aromatic rings. The third-order valence-corrected chi connectivity index (χ3v) is 2.95. The van der Waals surface area contributed by atoms with E-state index in [-0.39, 0.29) is 6.61 Å². The molecule has 0 unspecified atom stereocenters. The fourth-order valence-electron chi connectivity index (χ4n) is 1.37. The molecule has 0 bridgehead atoms. The Morgan fingerprint density at radius 3 is 2.56 bits per heavy atom. The monoisotopic (exact) mass is 242 g/mol. The van der Waals surface area contributed by atoms with E-state index < -0.39 is 16.9 Å². The van der Waals surface area contributed by atoms with Crippen LogP contribution in [-0.4, -0.2) is 23.1 Å². The molecule has 1 aromatic carbocycles. The number of hydrogen-bond acceptors (Lipinski definition) is 3. The maximum atomic E-state index is 11.4. The minimum absolute atomic E-state index is 0.243. The summed E-state index contributed by atoms with van der Waals surface area (Å²) < 4.78 is 4.78. The highest BCUT2D eigenvalue weighted by Crippen LogP contribution is 2.28. The van der Waals surface area contributed by atoms with Gasteiger partial charge in [0.05, 0.1) is 6.61 Å². The van der Waals surface area contributed by atoms with E-state index in [2.05, 4.69) is 0 Å². The summed E-state index contributed by atoms with van der Waals surface area (Å²) in [6, 6.07) is 8.81. The van der Waals surface area contributed by atoms with E-state index in [1.807, 2.05) is 6.07 Å². The fourth-order valence-corrected chi connectivity index (χ4v) is 1.56. The van der Waals surface area contributed by atoms with Gasteiger partial charge in [-0.2, -0.15) is 0 Å². The Bertz CT molecular complexity index is 349. The third kappa shape index (κ3) is 2.74. The van der Waals surface area contributed by atoms with Crippen LogP contribution in [0.1, 0.15) is 19.4 Å². The van der Waals surface area contributed by atoms with Gasteiger partial charge in [-0.1, -0.05) is 30.3 Å². The summed E-state index contributed by atoms with van der Waals surface area (Å²) in [6.45, 7) is 3.43. The molecule has 0 aliphatic rings. The Kier molecular flexibility index (Phi) is 4.33. The van der Waals surface area contributed by atoms with E-state index >= 15 is 0 Å². The zero-order valence-corrected chi connectivity index (χ0v) is 10.1. The second kappa shape index (κ2) is 5.32. The number of halogens is 1. The third-order valence-electron chi connectivity index (χ3n) is 2.35. The van der Waals surface area contributed by atoms with Crippen LogP contribution in [-0.2, 0) is 15.1 Å². The summed E-state index contributed by atoms with van der Waals surface area (Å²) in [4.78, 5) is 11.4. The van der Waals surface area contributed by atoms with Gasteiger partial charge in [-0.25, -0.2) is 0 Å². The molecule has 0 saturated carbocycles. The number of esters is 1. The van der Waals surface area contributed by atoms with Crippen molar-refractivity contribution < 1.29 is 14.6 Å². The maximum absolute atomic E-state index is 11.4. The summed E-state index contributed by atoms with van der Waals surface area (Å²) in [7, 11) is 0. The number of ether oxygens (including phenoxy) is 1. The predicted molar refractivity (Wildman–Crippen MR) is 62.3 cm³/mol. The van der Waals surface area contributed by atoms with Crippen molar-refractivity contribution in [1.29, 1.82) is 0 Å². The first-order valence-electron chi connectivity index (χ1n) is 5.08. The van der Waals surface area contributed by atoms with Crippen LogP contribution < -0.4 is 0 Å². The van der Waals surface area contributed by atoms with Crippen LogP contribution >= 0.6 is 11.6 Å². The van der Waals surface area contributed by atoms with Gasteiger partial charge in [-0.05, 0) is 19.4 Å². The highest BCUT2D eigenvalue weighted by atomic mass is 35.5. The summed E-state index contributed by atoms with van der Waals surface area (Å²) in [6.07, 6.45) is 0. The molecule has 0 aliphatic carbocycles. The predicted octanol–water partition coefficient (Wildman–Crippen LogP) is 2.06. The maximum Gasteiger partial charge on any atom is 0.327 e. The largest absolute Gasteiger partial charge is 0.465 e. The van der Waals surface area contributed by atoms with Crippen molar-refractivity contribution in [2.45, 2.75) is 24.8 Å². The average Bonchev–Trinajstić information content (AvgIpc) is 2.29. The smallest absolute Gasteiger partial charge is 0.327 e. The number of aliphatic hydroxyl groups is 1. The van der Waals surface area contributed by atoms with Crippen molar-refractivity contribution in [3.63, 3.8) is 0 Å². The van der Waals surface area contributed by atoms with Gasteiger partial charge in [-0.15, -0.1) is 11.6 Å². The van der Waals surface area contributed by atoms with Crippen molar-refractivity contribution in [1.82, 2.24) is 0 Å². The molecule has 0 heterocycles. The lowest BCUT2D eigenvalue weighted by Crippen LogP contribution is -2.39. The van der Waals surface area contributed by atoms with Gasteiger partial charge in [-0.3, -0.25) is 4.79 Å². The van der Waals surface area contributed by atoms with Crippen molar-refractivity contribution >= 4 is 17.6 Å². The lowest BCUT2D eigenvalue weighted by atomic mass is 9.92. The Labute approximate surface area is 100.0 Å². The zero-order valence-electron chi connectivity index (χ0n) is 9.31. The van der Waals surface area contributed by atoms with E-state index in [0.29, 0.717) is 5.56 Å². The molecular formula is C12H15ClO3. The first kappa shape index (κ1) is 13.0. The molecule has 3 nitrogen and oxygen atoms in total. The van der Waals surface area contributed by atoms with Gasteiger partial charge in [0.1, 0.15) is 5.60 Å². The molecule has 0 spiro atoms. The molecular weight excluding hydrogens is 228 g/mol. The SMILES string of the molecule is CCOC(=O)[C@H](Cl)[C@@](C)(O)c1ccccc1. The summed E-state index contributed by atoms with van der Waals surface area (Å²) in [5.74, 6) is -0.613. The number of carbonyl (C=O) groups excluding carboxylic acids is 1. The van der Waals surface area contributed by atoms with Gasteiger partial charge in [0.15, 0.2) is 5.38 Å². The highest BCUT2D eigenvalue weighted by molar-refractivity contribution is 6.30. The minimum Gasteiger partial charge on any atom is -0.465 e. The molecule has 0 aliphatic heterocycles. The van der Waals surface area contributed by atoms with Crippen LogP contribution in [0.25, 0.3) is 0 Å². The molecule has 0 aromatic heterocycles. The van der Waals surface area contributed by atoms with E-state index in [9.17, 15) is 9.90 Å². The zero-order chi connectivity index (χ0) is 12.2. The van der Waals surface area contributed by atoms with Gasteiger partial charge in [0.2, 0.25) is 0 Å². The normalized spacial score (nSPS) is 16.2. The number of benzene rings is 1. The molecule has 0 fully saturated rings. The molecule has 4 heteroatoms. The minimum atomic E-state index is -1.44. The van der Waals surface area contributed by atoms with Crippen molar-refractivity contribution in [3.8, 4) is 0 Å². The lowest BCUT2D eigenvalue weighted by Gasteiger charge is -2.27. The molecule has 0 amide bonds. The van der Waals surface area contributed by atoms with Crippen molar-refractivity contribution in [2.24, 2.45) is 0 Å². The first-order chi connectivity index (χ1) is 7.50. The fraction of sp³-hybridized carbons (Fsp3) is 0.417. The van der Waals surface area contributed by atoms with Crippen LogP contribution in [0, 0.1) is 0 Å². The second-order valence-corrected chi connectivity index (χ2v) is 4.06. The number of hydrogen-bond donors (Lipinski definition) is 1. The molecule has 1 rings (SSSR count). The molecule has 0 radical (unpaired) electrons. The Morgan fingerprint density at radius 1 is 1.50 bits per heavy atom. The van der Waals surface area contributed by atoms with Crippen molar-refractivity contribution in [2.75, 3.05) is 6.61 Å². The average molecular weight is 243 g/mol. The Hall–Kier alpha value is -1.06. The molecule has 16 heavy (non-hydrogen) atoms. The van der Waals surface area contributed by atoms with Crippen LogP contribution in [0.3, 0.4) is 0 Å². The van der Waals surface area contributed by atoms with Crippen molar-refractivity contribution in [3.05, 3.63) is 35.9 Å². The van der Waals surface area contributed by atoms with E-state index in [1.54, 1.807) is 31.2 Å². The summed E-state index contributed by atoms with van der Waals surface area (Å²) in [5.41, 5.74) is -0.849. The second-order valence-electron chi connectivity index (χ2n) is 3.63. The molecule has 88 valence electrons. The number of rotatable bonds is 4. The summed E-state index contributed by atoms with van der Waals surface area (Å²) in [5, 5.41) is 9.10. The van der Waals surface area contributed by atoms with E-state index in [4.69, 9.17) is 16.3 Å². The van der Waals surface area contributed by atoms with Gasteiger partial charge < -0.3 is 9.84 Å². The lowest BCUT2D eigenvalue weighted by molar-refractivity contribution is -0.147. The standard InChI is InChI=1S/C12H15ClO3/c1-3-16-11(14)10(13)12(2,15)9-7-5-4-6-8-9/h4-8,10,15H,3H2,1-2H3/t10-,12-/m0/s1.